The molecule has 0 fully saturated rings. The second-order valence-corrected chi connectivity index (χ2v) is 3.32. The summed E-state index contributed by atoms with van der Waals surface area (Å²) >= 11 is 0. The fourth-order valence-electron chi connectivity index (χ4n) is 1.47. The van der Waals surface area contributed by atoms with E-state index in [2.05, 4.69) is 33.4 Å². The summed E-state index contributed by atoms with van der Waals surface area (Å²) in [5.74, 6) is 0. The third kappa shape index (κ3) is 1.42. The fourth-order valence-corrected chi connectivity index (χ4v) is 1.47. The standard InChI is InChI=1S/C12H15/c1-8(2)12-10(4)7-6-9(3)11(12)5/h6-7H,1,4H2,2-3,5H3. The molecule has 0 heteroatoms. The first-order chi connectivity index (χ1) is 5.54. The quantitative estimate of drug-likeness (QED) is 0.588. The first-order valence-corrected chi connectivity index (χ1v) is 4.12. The Morgan fingerprint density at radius 3 is 2.25 bits per heavy atom. The number of benzene rings is 1. The van der Waals surface area contributed by atoms with E-state index in [-0.39, 0.29) is 0 Å². The van der Waals surface area contributed by atoms with Crippen LogP contribution in [0.5, 0.6) is 0 Å². The Morgan fingerprint density at radius 2 is 1.83 bits per heavy atom. The highest BCUT2D eigenvalue weighted by molar-refractivity contribution is 5.69. The highest BCUT2D eigenvalue weighted by atomic mass is 14.1. The lowest BCUT2D eigenvalue weighted by atomic mass is 9.94. The minimum absolute atomic E-state index is 1.07. The maximum atomic E-state index is 3.98. The van der Waals surface area contributed by atoms with Gasteiger partial charge in [-0.25, -0.2) is 0 Å². The Labute approximate surface area is 74.9 Å². The van der Waals surface area contributed by atoms with Crippen molar-refractivity contribution in [2.24, 2.45) is 0 Å². The average molecular weight is 159 g/mol. The van der Waals surface area contributed by atoms with Crippen LogP contribution in [0.1, 0.15) is 29.2 Å². The molecule has 0 amide bonds. The van der Waals surface area contributed by atoms with Gasteiger partial charge in [0.25, 0.3) is 0 Å². The molecule has 0 aromatic heterocycles. The van der Waals surface area contributed by atoms with Crippen LogP contribution in [0.4, 0.5) is 0 Å². The molecular formula is C12H15. The highest BCUT2D eigenvalue weighted by Crippen LogP contribution is 2.23. The predicted molar refractivity (Wildman–Crippen MR) is 55.1 cm³/mol. The molecule has 0 N–H and O–H groups in total. The van der Waals surface area contributed by atoms with E-state index in [1.165, 1.54) is 16.7 Å². The van der Waals surface area contributed by atoms with Crippen LogP contribution in [0, 0.1) is 20.8 Å². The molecule has 0 aliphatic carbocycles. The van der Waals surface area contributed by atoms with Gasteiger partial charge in [-0.1, -0.05) is 24.3 Å². The summed E-state index contributed by atoms with van der Waals surface area (Å²) in [6.45, 7) is 14.2. The van der Waals surface area contributed by atoms with Crippen LogP contribution in [-0.2, 0) is 0 Å². The van der Waals surface area contributed by atoms with Crippen molar-refractivity contribution in [2.45, 2.75) is 20.8 Å². The zero-order chi connectivity index (χ0) is 9.30. The van der Waals surface area contributed by atoms with E-state index in [0.29, 0.717) is 0 Å². The normalized spacial score (nSPS) is 10.0. The Balaban J connectivity index is 3.43. The van der Waals surface area contributed by atoms with Gasteiger partial charge >= 0.3 is 0 Å². The summed E-state index contributed by atoms with van der Waals surface area (Å²) in [4.78, 5) is 0. The second kappa shape index (κ2) is 3.14. The van der Waals surface area contributed by atoms with Gasteiger partial charge in [-0.3, -0.25) is 0 Å². The summed E-state index contributed by atoms with van der Waals surface area (Å²) in [5, 5.41) is 0. The maximum absolute atomic E-state index is 3.98. The van der Waals surface area contributed by atoms with E-state index in [1.54, 1.807) is 0 Å². The van der Waals surface area contributed by atoms with Gasteiger partial charge in [0.15, 0.2) is 0 Å². The van der Waals surface area contributed by atoms with Crippen molar-refractivity contribution in [1.29, 1.82) is 0 Å². The Kier molecular flexibility index (Phi) is 2.37. The number of rotatable bonds is 1. The van der Waals surface area contributed by atoms with Gasteiger partial charge in [-0.2, -0.15) is 0 Å². The summed E-state index contributed by atoms with van der Waals surface area (Å²) in [5.41, 5.74) is 6.00. The van der Waals surface area contributed by atoms with Crippen molar-refractivity contribution in [3.8, 4) is 0 Å². The van der Waals surface area contributed by atoms with Gasteiger partial charge in [0, 0.05) is 0 Å². The lowest BCUT2D eigenvalue weighted by molar-refractivity contribution is 1.29. The van der Waals surface area contributed by atoms with E-state index in [1.807, 2.05) is 13.0 Å². The highest BCUT2D eigenvalue weighted by Gasteiger charge is 2.04. The molecule has 1 aromatic rings. The van der Waals surface area contributed by atoms with E-state index in [0.717, 1.165) is 11.1 Å². The molecule has 1 rings (SSSR count). The Morgan fingerprint density at radius 1 is 1.25 bits per heavy atom. The number of hydrogen-bond acceptors (Lipinski definition) is 0. The van der Waals surface area contributed by atoms with Crippen molar-refractivity contribution in [2.75, 3.05) is 0 Å². The molecule has 0 aliphatic heterocycles. The summed E-state index contributed by atoms with van der Waals surface area (Å²) in [6, 6.07) is 4.15. The Hall–Kier alpha value is -1.04. The number of allylic oxidation sites excluding steroid dienone is 1. The van der Waals surface area contributed by atoms with Crippen molar-refractivity contribution in [3.63, 3.8) is 0 Å². The van der Waals surface area contributed by atoms with Gasteiger partial charge in [0.1, 0.15) is 0 Å². The molecule has 12 heavy (non-hydrogen) atoms. The predicted octanol–water partition coefficient (Wildman–Crippen LogP) is 3.52. The molecule has 0 saturated heterocycles. The van der Waals surface area contributed by atoms with Crippen molar-refractivity contribution >= 4 is 5.57 Å². The van der Waals surface area contributed by atoms with Crippen molar-refractivity contribution in [1.82, 2.24) is 0 Å². The largest absolute Gasteiger partial charge is 0.0955 e. The van der Waals surface area contributed by atoms with Crippen molar-refractivity contribution in [3.05, 3.63) is 47.9 Å². The van der Waals surface area contributed by atoms with Gasteiger partial charge in [0.2, 0.25) is 0 Å². The van der Waals surface area contributed by atoms with Crippen LogP contribution in [0.15, 0.2) is 18.7 Å². The smallest absolute Gasteiger partial charge is 0.0169 e. The van der Waals surface area contributed by atoms with E-state index in [9.17, 15) is 0 Å². The molecule has 0 bridgehead atoms. The molecule has 0 unspecified atom stereocenters. The van der Waals surface area contributed by atoms with Crippen LogP contribution >= 0.6 is 0 Å². The second-order valence-electron chi connectivity index (χ2n) is 3.32. The molecule has 0 spiro atoms. The molecule has 0 atom stereocenters. The molecule has 1 aromatic carbocycles. The lowest BCUT2D eigenvalue weighted by Gasteiger charge is -2.11. The maximum Gasteiger partial charge on any atom is -0.0169 e. The van der Waals surface area contributed by atoms with Gasteiger partial charge < -0.3 is 0 Å². The third-order valence-corrected chi connectivity index (χ3v) is 2.25. The molecule has 63 valence electrons. The van der Waals surface area contributed by atoms with Crippen LogP contribution in [0.3, 0.4) is 0 Å². The van der Waals surface area contributed by atoms with Crippen LogP contribution in [-0.4, -0.2) is 0 Å². The molecule has 1 radical (unpaired) electrons. The van der Waals surface area contributed by atoms with Gasteiger partial charge in [-0.15, -0.1) is 0 Å². The first kappa shape index (κ1) is 9.05. The SMILES string of the molecule is [CH2]c1ccc(C)c(C)c1C(=C)C. The summed E-state index contributed by atoms with van der Waals surface area (Å²) in [6.07, 6.45) is 0. The van der Waals surface area contributed by atoms with Crippen molar-refractivity contribution < 1.29 is 0 Å². The van der Waals surface area contributed by atoms with E-state index >= 15 is 0 Å². The van der Waals surface area contributed by atoms with Crippen LogP contribution in [0.25, 0.3) is 5.57 Å². The monoisotopic (exact) mass is 159 g/mol. The van der Waals surface area contributed by atoms with Gasteiger partial charge in [-0.05, 0) is 49.9 Å². The van der Waals surface area contributed by atoms with E-state index in [4.69, 9.17) is 0 Å². The number of aryl methyl sites for hydroxylation is 1. The topological polar surface area (TPSA) is 0 Å². The molecule has 0 nitrogen and oxygen atoms in total. The third-order valence-electron chi connectivity index (χ3n) is 2.25. The lowest BCUT2D eigenvalue weighted by Crippen LogP contribution is -1.92. The minimum atomic E-state index is 1.07. The molecule has 0 aliphatic rings. The van der Waals surface area contributed by atoms with Gasteiger partial charge in [0.05, 0.1) is 0 Å². The fraction of sp³-hybridized carbons (Fsp3) is 0.250. The zero-order valence-electron chi connectivity index (χ0n) is 8.07. The van der Waals surface area contributed by atoms with Crippen LogP contribution in [0.2, 0.25) is 0 Å². The van der Waals surface area contributed by atoms with Crippen LogP contribution < -0.4 is 0 Å². The molecular weight excluding hydrogens is 144 g/mol. The zero-order valence-corrected chi connectivity index (χ0v) is 8.07. The molecule has 0 heterocycles. The average Bonchev–Trinajstić information content (AvgIpc) is 1.97. The minimum Gasteiger partial charge on any atom is -0.0955 e. The van der Waals surface area contributed by atoms with E-state index < -0.39 is 0 Å². The number of hydrogen-bond donors (Lipinski definition) is 0. The molecule has 0 saturated carbocycles. The Bertz CT molecular complexity index is 319. The summed E-state index contributed by atoms with van der Waals surface area (Å²) < 4.78 is 0. The first-order valence-electron chi connectivity index (χ1n) is 4.12. The summed E-state index contributed by atoms with van der Waals surface area (Å²) in [7, 11) is 0.